The fourth-order valence-corrected chi connectivity index (χ4v) is 0.890. The second-order valence-corrected chi connectivity index (χ2v) is 3.09. The molecule has 0 amide bonds. The molecule has 78 valence electrons. The van der Waals surface area contributed by atoms with Crippen LogP contribution in [0, 0.1) is 0 Å². The van der Waals surface area contributed by atoms with Crippen LogP contribution in [-0.2, 0) is 4.84 Å². The van der Waals surface area contributed by atoms with E-state index in [1.165, 1.54) is 0 Å². The predicted octanol–water partition coefficient (Wildman–Crippen LogP) is 0.840. The van der Waals surface area contributed by atoms with Gasteiger partial charge in [0.05, 0.1) is 7.11 Å². The van der Waals surface area contributed by atoms with Crippen LogP contribution in [0.4, 0.5) is 0 Å². The van der Waals surface area contributed by atoms with E-state index in [1.54, 1.807) is 12.3 Å². The number of allylic oxidation sites excluding steroid dienone is 1. The largest absolute Gasteiger partial charge is 0.389 e. The second-order valence-electron chi connectivity index (χ2n) is 3.09. The van der Waals surface area contributed by atoms with Crippen molar-refractivity contribution in [3.63, 3.8) is 0 Å². The Morgan fingerprint density at radius 1 is 1.46 bits per heavy atom. The number of hydrogen-bond acceptors (Lipinski definition) is 4. The minimum absolute atomic E-state index is 0.956. The summed E-state index contributed by atoms with van der Waals surface area (Å²) in [5.74, 6) is 0. The Morgan fingerprint density at radius 3 is 2.54 bits per heavy atom. The molecular weight excluding hydrogens is 166 g/mol. The summed E-state index contributed by atoms with van der Waals surface area (Å²) in [7, 11) is 5.53. The number of rotatable bonds is 7. The summed E-state index contributed by atoms with van der Waals surface area (Å²) in [6.07, 6.45) is 1.07. The van der Waals surface area contributed by atoms with E-state index < -0.39 is 0 Å². The minimum atomic E-state index is 0.956. The molecule has 13 heavy (non-hydrogen) atoms. The van der Waals surface area contributed by atoms with Crippen molar-refractivity contribution in [2.75, 3.05) is 34.3 Å². The number of hydrazine groups is 1. The van der Waals surface area contributed by atoms with Crippen molar-refractivity contribution < 1.29 is 4.84 Å². The van der Waals surface area contributed by atoms with Gasteiger partial charge in [0, 0.05) is 32.9 Å². The van der Waals surface area contributed by atoms with E-state index >= 15 is 0 Å². The average Bonchev–Trinajstić information content (AvgIpc) is 2.10. The monoisotopic (exact) mass is 187 g/mol. The Morgan fingerprint density at radius 2 is 2.08 bits per heavy atom. The molecule has 0 heterocycles. The third kappa shape index (κ3) is 6.57. The summed E-state index contributed by atoms with van der Waals surface area (Å²) in [6.45, 7) is 7.65. The smallest absolute Gasteiger partial charge is 0.0591 e. The molecule has 0 rings (SSSR count). The third-order valence-corrected chi connectivity index (χ3v) is 1.83. The minimum Gasteiger partial charge on any atom is -0.389 e. The Labute approximate surface area is 81.1 Å². The van der Waals surface area contributed by atoms with Gasteiger partial charge in [-0.05, 0) is 13.3 Å². The molecular formula is C9H21N3O. The van der Waals surface area contributed by atoms with Crippen molar-refractivity contribution in [3.8, 4) is 0 Å². The molecule has 0 radical (unpaired) electrons. The van der Waals surface area contributed by atoms with Crippen molar-refractivity contribution >= 4 is 0 Å². The highest BCUT2D eigenvalue weighted by molar-refractivity contribution is 4.83. The van der Waals surface area contributed by atoms with Crippen LogP contribution in [-0.4, -0.2) is 44.5 Å². The maximum Gasteiger partial charge on any atom is 0.0591 e. The lowest BCUT2D eigenvalue weighted by atomic mass is 10.4. The van der Waals surface area contributed by atoms with Crippen molar-refractivity contribution in [1.29, 1.82) is 0 Å². The van der Waals surface area contributed by atoms with Crippen LogP contribution in [0.5, 0.6) is 0 Å². The summed E-state index contributed by atoms with van der Waals surface area (Å²) >= 11 is 0. The van der Waals surface area contributed by atoms with Gasteiger partial charge in [-0.3, -0.25) is 4.84 Å². The summed E-state index contributed by atoms with van der Waals surface area (Å²) in [6, 6.07) is 0. The van der Waals surface area contributed by atoms with Crippen LogP contribution in [0.3, 0.4) is 0 Å². The fraction of sp³-hybridized carbons (Fsp3) is 0.778. The molecule has 0 aliphatic heterocycles. The molecule has 0 atom stereocenters. The molecule has 4 nitrogen and oxygen atoms in total. The lowest BCUT2D eigenvalue weighted by molar-refractivity contribution is -0.240. The predicted molar refractivity (Wildman–Crippen MR) is 54.8 cm³/mol. The summed E-state index contributed by atoms with van der Waals surface area (Å²) in [4.78, 5) is 5.01. The van der Waals surface area contributed by atoms with Crippen LogP contribution in [0.25, 0.3) is 0 Å². The molecule has 0 fully saturated rings. The van der Waals surface area contributed by atoms with Gasteiger partial charge in [0.1, 0.15) is 0 Å². The highest BCUT2D eigenvalue weighted by Crippen LogP contribution is 1.92. The summed E-state index contributed by atoms with van der Waals surface area (Å²) in [5, 5.41) is 6.90. The standard InChI is InChI=1S/C9H21N3O/c1-9(2)10-7-6-8-11(3)12(4)13-5/h10H,1,6-8H2,2-5H3. The third-order valence-electron chi connectivity index (χ3n) is 1.83. The number of hydroxylamine groups is 1. The molecule has 0 aromatic rings. The van der Waals surface area contributed by atoms with E-state index in [0.717, 1.165) is 25.2 Å². The van der Waals surface area contributed by atoms with E-state index in [-0.39, 0.29) is 0 Å². The lowest BCUT2D eigenvalue weighted by Gasteiger charge is -2.25. The first kappa shape index (κ1) is 12.4. The van der Waals surface area contributed by atoms with Gasteiger partial charge < -0.3 is 5.32 Å². The molecule has 1 N–H and O–H groups in total. The topological polar surface area (TPSA) is 27.7 Å². The van der Waals surface area contributed by atoms with Crippen molar-refractivity contribution in [3.05, 3.63) is 12.3 Å². The molecule has 0 aromatic carbocycles. The van der Waals surface area contributed by atoms with Crippen molar-refractivity contribution in [2.24, 2.45) is 0 Å². The first-order valence-corrected chi connectivity index (χ1v) is 4.46. The average molecular weight is 187 g/mol. The first-order chi connectivity index (χ1) is 6.07. The second kappa shape index (κ2) is 6.88. The van der Waals surface area contributed by atoms with Gasteiger partial charge in [-0.1, -0.05) is 6.58 Å². The Hall–Kier alpha value is -0.580. The summed E-state index contributed by atoms with van der Waals surface area (Å²) in [5.41, 5.74) is 1.02. The normalized spacial score (nSPS) is 10.9. The highest BCUT2D eigenvalue weighted by atomic mass is 16.7. The molecule has 4 heteroatoms. The zero-order chi connectivity index (χ0) is 10.3. The lowest BCUT2D eigenvalue weighted by Crippen LogP contribution is -2.37. The zero-order valence-electron chi connectivity index (χ0n) is 9.13. The molecule has 0 spiro atoms. The van der Waals surface area contributed by atoms with Gasteiger partial charge >= 0.3 is 0 Å². The van der Waals surface area contributed by atoms with E-state index in [9.17, 15) is 0 Å². The fourth-order valence-electron chi connectivity index (χ4n) is 0.890. The van der Waals surface area contributed by atoms with Gasteiger partial charge in [0.2, 0.25) is 0 Å². The van der Waals surface area contributed by atoms with Crippen LogP contribution < -0.4 is 5.32 Å². The highest BCUT2D eigenvalue weighted by Gasteiger charge is 2.02. The maximum atomic E-state index is 5.01. The number of nitrogens with one attached hydrogen (secondary N) is 1. The van der Waals surface area contributed by atoms with Gasteiger partial charge in [-0.25, -0.2) is 5.01 Å². The van der Waals surface area contributed by atoms with E-state index in [1.807, 2.05) is 26.0 Å². The Balaban J connectivity index is 3.36. The Bertz CT molecular complexity index is 150. The van der Waals surface area contributed by atoms with Gasteiger partial charge in [-0.15, -0.1) is 5.17 Å². The van der Waals surface area contributed by atoms with Crippen LogP contribution in [0.1, 0.15) is 13.3 Å². The molecule has 0 bridgehead atoms. The van der Waals surface area contributed by atoms with Crippen molar-refractivity contribution in [2.45, 2.75) is 13.3 Å². The van der Waals surface area contributed by atoms with Crippen LogP contribution in [0.2, 0.25) is 0 Å². The molecule has 0 aromatic heterocycles. The molecule has 0 unspecified atom stereocenters. The number of nitrogens with zero attached hydrogens (tertiary/aromatic N) is 2. The van der Waals surface area contributed by atoms with E-state index in [4.69, 9.17) is 4.84 Å². The van der Waals surface area contributed by atoms with Crippen LogP contribution >= 0.6 is 0 Å². The van der Waals surface area contributed by atoms with Gasteiger partial charge in [0.15, 0.2) is 0 Å². The SMILES string of the molecule is C=C(C)NCCCN(C)N(C)OC. The Kier molecular flexibility index (Phi) is 6.58. The molecule has 0 aliphatic carbocycles. The van der Waals surface area contributed by atoms with Crippen molar-refractivity contribution in [1.82, 2.24) is 15.5 Å². The number of hydrogen-bond donors (Lipinski definition) is 1. The molecule has 0 saturated heterocycles. The molecule has 0 aliphatic rings. The summed E-state index contributed by atoms with van der Waals surface area (Å²) < 4.78 is 0. The van der Waals surface area contributed by atoms with E-state index in [2.05, 4.69) is 11.9 Å². The van der Waals surface area contributed by atoms with Gasteiger partial charge in [-0.2, -0.15) is 0 Å². The van der Waals surface area contributed by atoms with Gasteiger partial charge in [0.25, 0.3) is 0 Å². The van der Waals surface area contributed by atoms with E-state index in [0.29, 0.717) is 0 Å². The quantitative estimate of drug-likeness (QED) is 0.472. The first-order valence-electron chi connectivity index (χ1n) is 4.46. The maximum absolute atomic E-state index is 5.01. The van der Waals surface area contributed by atoms with Crippen LogP contribution in [0.15, 0.2) is 12.3 Å². The zero-order valence-corrected chi connectivity index (χ0v) is 9.13. The molecule has 0 saturated carbocycles.